The van der Waals surface area contributed by atoms with Crippen molar-refractivity contribution in [1.82, 2.24) is 16.3 Å². The van der Waals surface area contributed by atoms with Crippen LogP contribution in [0.5, 0.6) is 5.75 Å². The lowest BCUT2D eigenvalue weighted by atomic mass is 9.93. The number of carbonyl (C=O) groups excluding carboxylic acids is 3. The number of ether oxygens (including phenoxy) is 1. The monoisotopic (exact) mass is 474 g/mol. The highest BCUT2D eigenvalue weighted by molar-refractivity contribution is 6.07. The largest absolute Gasteiger partial charge is 0.484 e. The molecule has 3 aromatic rings. The molecule has 0 radical (unpaired) electrons. The van der Waals surface area contributed by atoms with Gasteiger partial charge in [0, 0.05) is 23.1 Å². The van der Waals surface area contributed by atoms with Crippen molar-refractivity contribution in [2.75, 3.05) is 6.61 Å². The molecular weight excluding hydrogens is 448 g/mol. The van der Waals surface area contributed by atoms with Crippen molar-refractivity contribution in [2.45, 2.75) is 33.1 Å². The van der Waals surface area contributed by atoms with Crippen molar-refractivity contribution >= 4 is 23.4 Å². The first-order valence-corrected chi connectivity index (χ1v) is 11.3. The van der Waals surface area contributed by atoms with Gasteiger partial charge in [0.15, 0.2) is 12.4 Å². The van der Waals surface area contributed by atoms with Gasteiger partial charge in [0.25, 0.3) is 11.8 Å². The lowest BCUT2D eigenvalue weighted by molar-refractivity contribution is -0.123. The molecule has 2 aromatic carbocycles. The van der Waals surface area contributed by atoms with Gasteiger partial charge < -0.3 is 9.15 Å². The Hall–Kier alpha value is -4.40. The van der Waals surface area contributed by atoms with E-state index in [2.05, 4.69) is 21.4 Å². The van der Waals surface area contributed by atoms with Gasteiger partial charge in [0.2, 0.25) is 0 Å². The van der Waals surface area contributed by atoms with E-state index < -0.39 is 11.8 Å². The Morgan fingerprint density at radius 2 is 1.69 bits per heavy atom. The molecule has 3 amide bonds. The SMILES string of the molecule is Cc1ccc(C(=O)N/N=C2\CCCc3oc(C(=O)NNC(=O)COc4ccccc4)c(C)c32)cc1. The smallest absolute Gasteiger partial charge is 0.305 e. The summed E-state index contributed by atoms with van der Waals surface area (Å²) in [6.45, 7) is 3.44. The summed E-state index contributed by atoms with van der Waals surface area (Å²) in [4.78, 5) is 37.2. The van der Waals surface area contributed by atoms with Gasteiger partial charge in [-0.1, -0.05) is 35.9 Å². The molecule has 0 aliphatic heterocycles. The standard InChI is InChI=1S/C26H26N4O5/c1-16-11-13-18(14-12-16)25(32)29-27-20-9-6-10-21-23(20)17(2)24(35-21)26(33)30-28-22(31)15-34-19-7-4-3-5-8-19/h3-5,7-8,11-14H,6,9-10,15H2,1-2H3,(H,28,31)(H,29,32)(H,30,33)/b27-20+. The fourth-order valence-corrected chi connectivity index (χ4v) is 3.77. The summed E-state index contributed by atoms with van der Waals surface area (Å²) in [5.41, 5.74) is 10.8. The maximum absolute atomic E-state index is 12.7. The molecule has 1 aliphatic carbocycles. The molecule has 1 heterocycles. The minimum atomic E-state index is -0.590. The van der Waals surface area contributed by atoms with Gasteiger partial charge in [-0.25, -0.2) is 5.43 Å². The van der Waals surface area contributed by atoms with Crippen molar-refractivity contribution in [1.29, 1.82) is 0 Å². The average molecular weight is 475 g/mol. The molecule has 9 nitrogen and oxygen atoms in total. The van der Waals surface area contributed by atoms with E-state index >= 15 is 0 Å². The van der Waals surface area contributed by atoms with E-state index in [1.165, 1.54) is 0 Å². The van der Waals surface area contributed by atoms with Gasteiger partial charge in [-0.05, 0) is 51.0 Å². The van der Waals surface area contributed by atoms with Crippen molar-refractivity contribution in [3.8, 4) is 5.75 Å². The highest BCUT2D eigenvalue weighted by Gasteiger charge is 2.28. The van der Waals surface area contributed by atoms with E-state index in [-0.39, 0.29) is 18.3 Å². The van der Waals surface area contributed by atoms with Gasteiger partial charge in [-0.15, -0.1) is 0 Å². The van der Waals surface area contributed by atoms with Crippen LogP contribution in [-0.4, -0.2) is 30.0 Å². The summed E-state index contributed by atoms with van der Waals surface area (Å²) in [6, 6.07) is 16.1. The third-order valence-electron chi connectivity index (χ3n) is 5.57. The number of hydrazine groups is 1. The van der Waals surface area contributed by atoms with Crippen LogP contribution < -0.4 is 21.0 Å². The first-order valence-electron chi connectivity index (χ1n) is 11.3. The van der Waals surface area contributed by atoms with E-state index in [0.717, 1.165) is 12.0 Å². The summed E-state index contributed by atoms with van der Waals surface area (Å²) in [7, 11) is 0. The Morgan fingerprint density at radius 1 is 0.943 bits per heavy atom. The van der Waals surface area contributed by atoms with Crippen molar-refractivity contribution in [2.24, 2.45) is 5.10 Å². The van der Waals surface area contributed by atoms with E-state index in [0.29, 0.717) is 46.8 Å². The lowest BCUT2D eigenvalue weighted by Gasteiger charge is -2.13. The molecule has 9 heteroatoms. The summed E-state index contributed by atoms with van der Waals surface area (Å²) >= 11 is 0. The minimum Gasteiger partial charge on any atom is -0.484 e. The minimum absolute atomic E-state index is 0.0822. The van der Waals surface area contributed by atoms with Crippen LogP contribution in [0.2, 0.25) is 0 Å². The summed E-state index contributed by atoms with van der Waals surface area (Å²) in [5.74, 6) is -0.168. The quantitative estimate of drug-likeness (QED) is 0.474. The number of furan rings is 1. The van der Waals surface area contributed by atoms with Crippen LogP contribution >= 0.6 is 0 Å². The van der Waals surface area contributed by atoms with Crippen LogP contribution in [0.4, 0.5) is 0 Å². The third-order valence-corrected chi connectivity index (χ3v) is 5.57. The molecule has 3 N–H and O–H groups in total. The van der Waals surface area contributed by atoms with Crippen molar-refractivity contribution in [3.63, 3.8) is 0 Å². The fraction of sp³-hybridized carbons (Fsp3) is 0.231. The second-order valence-corrected chi connectivity index (χ2v) is 8.18. The molecule has 0 atom stereocenters. The molecule has 0 saturated heterocycles. The van der Waals surface area contributed by atoms with Crippen LogP contribution in [0, 0.1) is 13.8 Å². The second kappa shape index (κ2) is 10.7. The molecule has 0 bridgehead atoms. The molecule has 180 valence electrons. The summed E-state index contributed by atoms with van der Waals surface area (Å²) < 4.78 is 11.2. The van der Waals surface area contributed by atoms with Gasteiger partial charge >= 0.3 is 5.91 Å². The van der Waals surface area contributed by atoms with E-state index in [1.54, 1.807) is 43.3 Å². The van der Waals surface area contributed by atoms with E-state index in [1.807, 2.05) is 25.1 Å². The molecule has 0 fully saturated rings. The Morgan fingerprint density at radius 3 is 2.43 bits per heavy atom. The topological polar surface area (TPSA) is 122 Å². The maximum atomic E-state index is 12.7. The molecule has 0 unspecified atom stereocenters. The fourth-order valence-electron chi connectivity index (χ4n) is 3.77. The molecule has 0 saturated carbocycles. The molecule has 0 spiro atoms. The van der Waals surface area contributed by atoms with Gasteiger partial charge in [0.1, 0.15) is 11.5 Å². The molecular formula is C26H26N4O5. The number of hydrogen-bond acceptors (Lipinski definition) is 6. The van der Waals surface area contributed by atoms with E-state index in [4.69, 9.17) is 9.15 Å². The second-order valence-electron chi connectivity index (χ2n) is 8.18. The Bertz CT molecular complexity index is 1260. The number of para-hydroxylation sites is 1. The van der Waals surface area contributed by atoms with Crippen LogP contribution in [0.1, 0.15) is 56.2 Å². The zero-order valence-electron chi connectivity index (χ0n) is 19.5. The number of benzene rings is 2. The predicted octanol–water partition coefficient (Wildman–Crippen LogP) is 3.21. The third kappa shape index (κ3) is 5.75. The number of carbonyl (C=O) groups is 3. The Balaban J connectivity index is 1.39. The molecule has 35 heavy (non-hydrogen) atoms. The zero-order valence-corrected chi connectivity index (χ0v) is 19.5. The maximum Gasteiger partial charge on any atom is 0.305 e. The zero-order chi connectivity index (χ0) is 24.8. The number of nitrogens with one attached hydrogen (secondary N) is 3. The number of nitrogens with zero attached hydrogens (tertiary/aromatic N) is 1. The first kappa shape index (κ1) is 23.7. The highest BCUT2D eigenvalue weighted by atomic mass is 16.5. The normalized spacial score (nSPS) is 13.6. The van der Waals surface area contributed by atoms with Gasteiger partial charge in [-0.3, -0.25) is 25.2 Å². The first-order chi connectivity index (χ1) is 16.9. The molecule has 1 aromatic heterocycles. The Labute approximate surface area is 202 Å². The lowest BCUT2D eigenvalue weighted by Crippen LogP contribution is -2.43. The number of hydrogen-bond donors (Lipinski definition) is 3. The van der Waals surface area contributed by atoms with Crippen LogP contribution in [0.15, 0.2) is 64.1 Å². The van der Waals surface area contributed by atoms with Crippen molar-refractivity contribution < 1.29 is 23.5 Å². The highest BCUT2D eigenvalue weighted by Crippen LogP contribution is 2.29. The number of fused-ring (bicyclic) bond motifs is 1. The number of amides is 3. The summed E-state index contributed by atoms with van der Waals surface area (Å²) in [6.07, 6.45) is 2.05. The molecule has 4 rings (SSSR count). The van der Waals surface area contributed by atoms with Crippen molar-refractivity contribution in [3.05, 3.63) is 88.4 Å². The van der Waals surface area contributed by atoms with Gasteiger partial charge in [0.05, 0.1) is 5.71 Å². The molecule has 1 aliphatic rings. The van der Waals surface area contributed by atoms with Crippen LogP contribution in [0.3, 0.4) is 0 Å². The predicted molar refractivity (Wildman–Crippen MR) is 129 cm³/mol. The van der Waals surface area contributed by atoms with E-state index in [9.17, 15) is 14.4 Å². The average Bonchev–Trinajstić information content (AvgIpc) is 3.22. The Kier molecular flexibility index (Phi) is 7.25. The number of aryl methyl sites for hydroxylation is 2. The van der Waals surface area contributed by atoms with Crippen LogP contribution in [0.25, 0.3) is 0 Å². The van der Waals surface area contributed by atoms with Crippen LogP contribution in [-0.2, 0) is 11.2 Å². The number of rotatable bonds is 6. The summed E-state index contributed by atoms with van der Waals surface area (Å²) in [5, 5.41) is 4.32. The number of hydrazone groups is 1. The van der Waals surface area contributed by atoms with Gasteiger partial charge in [-0.2, -0.15) is 5.10 Å².